The Morgan fingerprint density at radius 3 is 2.33 bits per heavy atom. The number of rotatable bonds is 8. The van der Waals surface area contributed by atoms with Crippen LogP contribution in [0.1, 0.15) is 16.7 Å². The molecule has 0 saturated heterocycles. The second-order valence-corrected chi connectivity index (χ2v) is 7.39. The average molecular weight is 425 g/mol. The summed E-state index contributed by atoms with van der Waals surface area (Å²) in [7, 11) is 1.59. The van der Waals surface area contributed by atoms with Crippen molar-refractivity contribution in [3.8, 4) is 11.5 Å². The summed E-state index contributed by atoms with van der Waals surface area (Å²) in [6, 6.07) is 18.9. The molecule has 0 aliphatic heterocycles. The molecule has 6 heteroatoms. The van der Waals surface area contributed by atoms with E-state index < -0.39 is 0 Å². The Morgan fingerprint density at radius 1 is 0.933 bits per heavy atom. The molecule has 0 aromatic heterocycles. The fraction of sp³-hybridized carbons (Fsp3) is 0.208. The summed E-state index contributed by atoms with van der Waals surface area (Å²) in [4.78, 5) is 12.1. The van der Waals surface area contributed by atoms with Crippen molar-refractivity contribution in [2.45, 2.75) is 20.4 Å². The Hall–Kier alpha value is -3.18. The van der Waals surface area contributed by atoms with Gasteiger partial charge in [0.2, 0.25) is 0 Å². The molecule has 1 amide bonds. The predicted molar refractivity (Wildman–Crippen MR) is 122 cm³/mol. The first-order valence-electron chi connectivity index (χ1n) is 9.61. The number of hydrogen-bond donors (Lipinski definition) is 2. The topological polar surface area (TPSA) is 59.6 Å². The van der Waals surface area contributed by atoms with Crippen molar-refractivity contribution in [2.75, 3.05) is 24.4 Å². The molecule has 0 aliphatic rings. The molecular weight excluding hydrogens is 400 g/mol. The van der Waals surface area contributed by atoms with Gasteiger partial charge < -0.3 is 20.1 Å². The van der Waals surface area contributed by atoms with Crippen molar-refractivity contribution in [1.82, 2.24) is 0 Å². The Labute approximate surface area is 182 Å². The van der Waals surface area contributed by atoms with Crippen LogP contribution in [0, 0.1) is 13.8 Å². The van der Waals surface area contributed by atoms with E-state index in [0.29, 0.717) is 23.0 Å². The van der Waals surface area contributed by atoms with E-state index in [9.17, 15) is 4.79 Å². The molecule has 0 fully saturated rings. The smallest absolute Gasteiger partial charge is 0.262 e. The summed E-state index contributed by atoms with van der Waals surface area (Å²) in [6.45, 7) is 4.69. The molecule has 30 heavy (non-hydrogen) atoms. The molecule has 0 saturated carbocycles. The Morgan fingerprint density at radius 2 is 1.67 bits per heavy atom. The van der Waals surface area contributed by atoms with Crippen LogP contribution in [0.2, 0.25) is 5.02 Å². The molecule has 3 aromatic carbocycles. The van der Waals surface area contributed by atoms with E-state index in [4.69, 9.17) is 21.1 Å². The van der Waals surface area contributed by atoms with Crippen LogP contribution in [-0.4, -0.2) is 19.6 Å². The molecule has 0 atom stereocenters. The number of halogens is 1. The third-order valence-corrected chi connectivity index (χ3v) is 5.03. The fourth-order valence-electron chi connectivity index (χ4n) is 2.84. The zero-order valence-electron chi connectivity index (χ0n) is 17.3. The number of aryl methyl sites for hydroxylation is 2. The normalized spacial score (nSPS) is 10.4. The lowest BCUT2D eigenvalue weighted by Crippen LogP contribution is -2.20. The molecule has 0 heterocycles. The lowest BCUT2D eigenvalue weighted by molar-refractivity contribution is -0.118. The SMILES string of the molecule is COc1ccc(NC(=O)COc2ccc(CNc3ccc(C)c(C)c3)cc2Cl)cc1. The van der Waals surface area contributed by atoms with E-state index in [-0.39, 0.29) is 12.5 Å². The zero-order valence-corrected chi connectivity index (χ0v) is 18.0. The van der Waals surface area contributed by atoms with Crippen LogP contribution >= 0.6 is 11.6 Å². The third kappa shape index (κ3) is 5.91. The monoisotopic (exact) mass is 424 g/mol. The maximum atomic E-state index is 12.1. The van der Waals surface area contributed by atoms with E-state index in [0.717, 1.165) is 17.0 Å². The summed E-state index contributed by atoms with van der Waals surface area (Å²) in [5.74, 6) is 0.927. The number of amides is 1. The molecule has 0 bridgehead atoms. The van der Waals surface area contributed by atoms with Gasteiger partial charge >= 0.3 is 0 Å². The summed E-state index contributed by atoms with van der Waals surface area (Å²) < 4.78 is 10.7. The van der Waals surface area contributed by atoms with E-state index in [1.165, 1.54) is 11.1 Å². The quantitative estimate of drug-likeness (QED) is 0.494. The Kier molecular flexibility index (Phi) is 7.20. The van der Waals surface area contributed by atoms with Crippen LogP contribution in [0.3, 0.4) is 0 Å². The zero-order chi connectivity index (χ0) is 21.5. The number of benzene rings is 3. The Balaban J connectivity index is 1.51. The highest BCUT2D eigenvalue weighted by atomic mass is 35.5. The van der Waals surface area contributed by atoms with E-state index in [1.54, 1.807) is 37.4 Å². The van der Waals surface area contributed by atoms with E-state index in [1.807, 2.05) is 12.1 Å². The third-order valence-electron chi connectivity index (χ3n) is 4.73. The lowest BCUT2D eigenvalue weighted by atomic mass is 10.1. The van der Waals surface area contributed by atoms with Gasteiger partial charge in [-0.3, -0.25) is 4.79 Å². The minimum absolute atomic E-state index is 0.133. The van der Waals surface area contributed by atoms with Gasteiger partial charge in [-0.05, 0) is 79.1 Å². The van der Waals surface area contributed by atoms with Gasteiger partial charge in [-0.25, -0.2) is 0 Å². The van der Waals surface area contributed by atoms with Gasteiger partial charge in [0, 0.05) is 17.9 Å². The van der Waals surface area contributed by atoms with E-state index in [2.05, 4.69) is 42.7 Å². The number of methoxy groups -OCH3 is 1. The van der Waals surface area contributed by atoms with Gasteiger partial charge in [0.1, 0.15) is 11.5 Å². The molecule has 2 N–H and O–H groups in total. The first kappa shape index (κ1) is 21.5. The van der Waals surface area contributed by atoms with Gasteiger partial charge in [-0.1, -0.05) is 23.7 Å². The largest absolute Gasteiger partial charge is 0.497 e. The van der Waals surface area contributed by atoms with Crippen LogP contribution in [0.4, 0.5) is 11.4 Å². The molecule has 0 aliphatic carbocycles. The summed E-state index contributed by atoms with van der Waals surface area (Å²) in [5, 5.41) is 6.62. The molecule has 0 radical (unpaired) electrons. The molecule has 3 rings (SSSR count). The number of ether oxygens (including phenoxy) is 2. The number of hydrogen-bond acceptors (Lipinski definition) is 4. The summed E-state index contributed by atoms with van der Waals surface area (Å²) in [6.07, 6.45) is 0. The maximum absolute atomic E-state index is 12.1. The standard InChI is InChI=1S/C24H25ClN2O3/c1-16-4-6-20(12-17(16)2)26-14-18-5-11-23(22(25)13-18)30-15-24(28)27-19-7-9-21(29-3)10-8-19/h4-13,26H,14-15H2,1-3H3,(H,27,28). The van der Waals surface area contributed by atoms with Gasteiger partial charge in [0.25, 0.3) is 5.91 Å². The summed E-state index contributed by atoms with van der Waals surface area (Å²) >= 11 is 6.34. The van der Waals surface area contributed by atoms with Crippen molar-refractivity contribution >= 4 is 28.9 Å². The van der Waals surface area contributed by atoms with Gasteiger partial charge in [0.15, 0.2) is 6.61 Å². The highest BCUT2D eigenvalue weighted by Crippen LogP contribution is 2.26. The second kappa shape index (κ2) is 10.0. The van der Waals surface area contributed by atoms with Crippen LogP contribution in [0.25, 0.3) is 0 Å². The van der Waals surface area contributed by atoms with Gasteiger partial charge in [0.05, 0.1) is 12.1 Å². The van der Waals surface area contributed by atoms with Crippen LogP contribution in [0.5, 0.6) is 11.5 Å². The van der Waals surface area contributed by atoms with Crippen molar-refractivity contribution in [3.63, 3.8) is 0 Å². The minimum Gasteiger partial charge on any atom is -0.497 e. The fourth-order valence-corrected chi connectivity index (χ4v) is 3.10. The van der Waals surface area contributed by atoms with Crippen molar-refractivity contribution in [2.24, 2.45) is 0 Å². The highest BCUT2D eigenvalue weighted by Gasteiger charge is 2.08. The molecular formula is C24H25ClN2O3. The van der Waals surface area contributed by atoms with Crippen molar-refractivity contribution in [3.05, 3.63) is 82.4 Å². The van der Waals surface area contributed by atoms with Crippen molar-refractivity contribution < 1.29 is 14.3 Å². The number of nitrogens with one attached hydrogen (secondary N) is 2. The lowest BCUT2D eigenvalue weighted by Gasteiger charge is -2.12. The minimum atomic E-state index is -0.267. The number of carbonyl (C=O) groups excluding carboxylic acids is 1. The second-order valence-electron chi connectivity index (χ2n) is 6.98. The van der Waals surface area contributed by atoms with Crippen LogP contribution in [-0.2, 0) is 11.3 Å². The first-order chi connectivity index (χ1) is 14.4. The van der Waals surface area contributed by atoms with Gasteiger partial charge in [-0.2, -0.15) is 0 Å². The Bertz CT molecular complexity index is 1020. The molecule has 3 aromatic rings. The van der Waals surface area contributed by atoms with Crippen LogP contribution < -0.4 is 20.1 Å². The van der Waals surface area contributed by atoms with E-state index >= 15 is 0 Å². The number of carbonyl (C=O) groups is 1. The highest BCUT2D eigenvalue weighted by molar-refractivity contribution is 6.32. The predicted octanol–water partition coefficient (Wildman–Crippen LogP) is 5.60. The molecule has 0 unspecified atom stereocenters. The maximum Gasteiger partial charge on any atom is 0.262 e. The molecule has 5 nitrogen and oxygen atoms in total. The number of anilines is 2. The van der Waals surface area contributed by atoms with Crippen LogP contribution in [0.15, 0.2) is 60.7 Å². The summed E-state index contributed by atoms with van der Waals surface area (Å²) in [5.41, 5.74) is 5.26. The van der Waals surface area contributed by atoms with Crippen molar-refractivity contribution in [1.29, 1.82) is 0 Å². The van der Waals surface area contributed by atoms with Gasteiger partial charge in [-0.15, -0.1) is 0 Å². The molecule has 0 spiro atoms. The molecule has 156 valence electrons. The first-order valence-corrected chi connectivity index (χ1v) is 9.98. The average Bonchev–Trinajstić information content (AvgIpc) is 2.74.